The maximum atomic E-state index is 10.2. The number of phenolic OH excluding ortho intramolecular Hbond substituents is 1. The predicted molar refractivity (Wildman–Crippen MR) is 104 cm³/mol. The summed E-state index contributed by atoms with van der Waals surface area (Å²) in [4.78, 5) is 0. The minimum atomic E-state index is 0.106. The molecule has 0 saturated heterocycles. The van der Waals surface area contributed by atoms with Gasteiger partial charge in [0.25, 0.3) is 0 Å². The largest absolute Gasteiger partial charge is 0.507 e. The molecule has 0 aromatic heterocycles. The summed E-state index contributed by atoms with van der Waals surface area (Å²) in [5, 5.41) is 23.7. The summed E-state index contributed by atoms with van der Waals surface area (Å²) >= 11 is 5.91. The van der Waals surface area contributed by atoms with Crippen LogP contribution >= 0.6 is 11.6 Å². The van der Waals surface area contributed by atoms with Gasteiger partial charge in [0.05, 0.1) is 0 Å². The first-order chi connectivity index (χ1) is 12.2. The first kappa shape index (κ1) is 19.3. The summed E-state index contributed by atoms with van der Waals surface area (Å²) in [6, 6.07) is 12.5. The van der Waals surface area contributed by atoms with Crippen LogP contribution in [0, 0.1) is 0 Å². The van der Waals surface area contributed by atoms with Gasteiger partial charge in [0.2, 0.25) is 0 Å². The second kappa shape index (κ2) is 10.1. The molecule has 0 aliphatic heterocycles. The highest BCUT2D eigenvalue weighted by Crippen LogP contribution is 2.24. The molecule has 134 valence electrons. The van der Waals surface area contributed by atoms with E-state index in [-0.39, 0.29) is 5.75 Å². The lowest BCUT2D eigenvalue weighted by Crippen LogP contribution is -2.04. The predicted octanol–water partition coefficient (Wildman–Crippen LogP) is 6.18. The van der Waals surface area contributed by atoms with Crippen molar-refractivity contribution in [3.63, 3.8) is 0 Å². The molecule has 0 atom stereocenters. The minimum absolute atomic E-state index is 0.106. The normalized spacial score (nSPS) is 11.7. The van der Waals surface area contributed by atoms with Crippen molar-refractivity contribution in [2.45, 2.75) is 51.9 Å². The van der Waals surface area contributed by atoms with E-state index in [4.69, 9.17) is 11.6 Å². The van der Waals surface area contributed by atoms with Crippen LogP contribution in [0.5, 0.6) is 5.75 Å². The van der Waals surface area contributed by atoms with Crippen molar-refractivity contribution >= 4 is 17.3 Å². The minimum Gasteiger partial charge on any atom is -0.507 e. The Morgan fingerprint density at radius 3 is 2.32 bits per heavy atom. The fraction of sp³-hybridized carbons (Fsp3) is 0.381. The molecule has 0 bridgehead atoms. The summed E-state index contributed by atoms with van der Waals surface area (Å²) in [6.45, 7) is 2.22. The molecule has 3 nitrogen and oxygen atoms in total. The van der Waals surface area contributed by atoms with Crippen molar-refractivity contribution in [3.8, 4) is 5.75 Å². The van der Waals surface area contributed by atoms with E-state index in [0.29, 0.717) is 21.9 Å². The second-order valence-corrected chi connectivity index (χ2v) is 6.76. The van der Waals surface area contributed by atoms with Crippen molar-refractivity contribution < 1.29 is 10.3 Å². The van der Waals surface area contributed by atoms with Crippen molar-refractivity contribution in [1.82, 2.24) is 0 Å². The fourth-order valence-electron chi connectivity index (χ4n) is 2.91. The second-order valence-electron chi connectivity index (χ2n) is 6.32. The summed E-state index contributed by atoms with van der Waals surface area (Å²) in [5.41, 5.74) is 2.73. The number of halogens is 1. The molecule has 2 aromatic carbocycles. The van der Waals surface area contributed by atoms with Crippen LogP contribution < -0.4 is 0 Å². The maximum Gasteiger partial charge on any atom is 0.125 e. The Kier molecular flexibility index (Phi) is 7.80. The van der Waals surface area contributed by atoms with Gasteiger partial charge in [-0.1, -0.05) is 74.0 Å². The average Bonchev–Trinajstić information content (AvgIpc) is 2.62. The van der Waals surface area contributed by atoms with Gasteiger partial charge < -0.3 is 10.3 Å². The smallest absolute Gasteiger partial charge is 0.125 e. The van der Waals surface area contributed by atoms with Crippen LogP contribution in [0.15, 0.2) is 47.6 Å². The van der Waals surface area contributed by atoms with Crippen molar-refractivity contribution in [2.75, 3.05) is 0 Å². The zero-order chi connectivity index (χ0) is 18.1. The molecule has 2 aromatic rings. The molecule has 0 radical (unpaired) electrons. The first-order valence-corrected chi connectivity index (χ1v) is 9.33. The number of benzene rings is 2. The molecule has 0 amide bonds. The van der Waals surface area contributed by atoms with Gasteiger partial charge >= 0.3 is 0 Å². The molecular weight excluding hydrogens is 334 g/mol. The molecule has 0 spiro atoms. The van der Waals surface area contributed by atoms with Gasteiger partial charge in [-0.15, -0.1) is 0 Å². The van der Waals surface area contributed by atoms with Crippen molar-refractivity contribution in [2.24, 2.45) is 5.16 Å². The molecule has 0 fully saturated rings. The number of oxime groups is 1. The third kappa shape index (κ3) is 5.79. The number of hydrogen-bond acceptors (Lipinski definition) is 3. The van der Waals surface area contributed by atoms with Crippen molar-refractivity contribution in [3.05, 3.63) is 64.2 Å². The summed E-state index contributed by atoms with van der Waals surface area (Å²) < 4.78 is 0. The topological polar surface area (TPSA) is 52.8 Å². The third-order valence-corrected chi connectivity index (χ3v) is 4.60. The van der Waals surface area contributed by atoms with E-state index < -0.39 is 0 Å². The van der Waals surface area contributed by atoms with Gasteiger partial charge in [0.15, 0.2) is 0 Å². The number of unbranched alkanes of at least 4 members (excludes halogenated alkanes) is 5. The van der Waals surface area contributed by atoms with E-state index in [0.717, 1.165) is 18.4 Å². The molecule has 0 aliphatic rings. The molecule has 25 heavy (non-hydrogen) atoms. The van der Waals surface area contributed by atoms with Gasteiger partial charge in [-0.3, -0.25) is 0 Å². The molecule has 0 saturated carbocycles. The highest BCUT2D eigenvalue weighted by molar-refractivity contribution is 6.30. The monoisotopic (exact) mass is 359 g/mol. The van der Waals surface area contributed by atoms with Gasteiger partial charge in [-0.25, -0.2) is 0 Å². The van der Waals surface area contributed by atoms with Gasteiger partial charge in [0, 0.05) is 16.1 Å². The number of hydrogen-bond donors (Lipinski definition) is 2. The first-order valence-electron chi connectivity index (χ1n) is 8.96. The number of aromatic hydroxyl groups is 1. The number of aryl methyl sites for hydroxylation is 1. The summed E-state index contributed by atoms with van der Waals surface area (Å²) in [5.74, 6) is 0.106. The summed E-state index contributed by atoms with van der Waals surface area (Å²) in [6.07, 6.45) is 8.44. The Hall–Kier alpha value is -2.00. The highest BCUT2D eigenvalue weighted by atomic mass is 35.5. The van der Waals surface area contributed by atoms with Gasteiger partial charge in [0.1, 0.15) is 11.5 Å². The van der Waals surface area contributed by atoms with Crippen LogP contribution in [0.3, 0.4) is 0 Å². The Labute approximate surface area is 155 Å². The van der Waals surface area contributed by atoms with Gasteiger partial charge in [-0.2, -0.15) is 0 Å². The van der Waals surface area contributed by atoms with Crippen LogP contribution in [0.2, 0.25) is 5.02 Å². The lowest BCUT2D eigenvalue weighted by atomic mass is 9.97. The highest BCUT2D eigenvalue weighted by Gasteiger charge is 2.13. The maximum absolute atomic E-state index is 10.2. The molecule has 2 N–H and O–H groups in total. The SMILES string of the molecule is CCCCCCCCc1ccc(O)c(C(=NO)c2ccc(Cl)cc2)c1. The Bertz CT molecular complexity index is 696. The molecule has 0 aliphatic carbocycles. The Morgan fingerprint density at radius 2 is 1.64 bits per heavy atom. The van der Waals surface area contributed by atoms with E-state index in [1.54, 1.807) is 30.3 Å². The van der Waals surface area contributed by atoms with Crippen LogP contribution in [-0.2, 0) is 6.42 Å². The number of rotatable bonds is 9. The molecule has 4 heteroatoms. The molecule has 2 rings (SSSR count). The Morgan fingerprint density at radius 1 is 0.960 bits per heavy atom. The standard InChI is InChI=1S/C21H26ClNO2/c1-2-3-4-5-6-7-8-16-9-14-20(24)19(15-16)21(23-25)17-10-12-18(22)13-11-17/h9-15,24-25H,2-8H2,1H3. The van der Waals surface area contributed by atoms with Crippen LogP contribution in [-0.4, -0.2) is 16.0 Å². The van der Waals surface area contributed by atoms with Crippen molar-refractivity contribution in [1.29, 1.82) is 0 Å². The van der Waals surface area contributed by atoms with E-state index in [9.17, 15) is 10.3 Å². The van der Waals surface area contributed by atoms with Crippen LogP contribution in [0.25, 0.3) is 0 Å². The van der Waals surface area contributed by atoms with E-state index in [1.807, 2.05) is 12.1 Å². The van der Waals surface area contributed by atoms with Gasteiger partial charge in [-0.05, 0) is 42.7 Å². The average molecular weight is 360 g/mol. The van der Waals surface area contributed by atoms with Crippen LogP contribution in [0.4, 0.5) is 0 Å². The molecular formula is C21H26ClNO2. The van der Waals surface area contributed by atoms with Crippen LogP contribution in [0.1, 0.15) is 62.1 Å². The quantitative estimate of drug-likeness (QED) is 0.243. The molecule has 0 heterocycles. The number of phenols is 1. The fourth-order valence-corrected chi connectivity index (χ4v) is 3.04. The zero-order valence-electron chi connectivity index (χ0n) is 14.7. The lowest BCUT2D eigenvalue weighted by Gasteiger charge is -2.10. The summed E-state index contributed by atoms with van der Waals surface area (Å²) in [7, 11) is 0. The number of nitrogens with zero attached hydrogens (tertiary/aromatic N) is 1. The van der Waals surface area contributed by atoms with E-state index in [2.05, 4.69) is 12.1 Å². The van der Waals surface area contributed by atoms with E-state index >= 15 is 0 Å². The third-order valence-electron chi connectivity index (χ3n) is 4.35. The molecule has 0 unspecified atom stereocenters. The lowest BCUT2D eigenvalue weighted by molar-refractivity contribution is 0.319. The van der Waals surface area contributed by atoms with E-state index in [1.165, 1.54) is 32.1 Å². The zero-order valence-corrected chi connectivity index (χ0v) is 15.5. The Balaban J connectivity index is 2.08.